The Morgan fingerprint density at radius 1 is 0.451 bits per heavy atom. The molecule has 7 rings (SSSR count). The Morgan fingerprint density at radius 3 is 1.57 bits per heavy atom. The maximum Gasteiger partial charge on any atom is 0.0810 e. The summed E-state index contributed by atoms with van der Waals surface area (Å²) in [4.78, 5) is 11.2. The fourth-order valence-corrected chi connectivity index (χ4v) is 7.22. The summed E-state index contributed by atoms with van der Waals surface area (Å²) < 4.78 is 0. The molecule has 8 bridgehead atoms. The first kappa shape index (κ1) is 35.2. The van der Waals surface area contributed by atoms with Crippen LogP contribution in [0.1, 0.15) is 132 Å². The smallest absolute Gasteiger partial charge is 0.0810 e. The summed E-state index contributed by atoms with van der Waals surface area (Å²) >= 11 is 0. The van der Waals surface area contributed by atoms with E-state index in [1.165, 1.54) is 44.5 Å². The summed E-state index contributed by atoms with van der Waals surface area (Å²) in [5, 5.41) is 6.16. The minimum Gasteiger partial charge on any atom is -0.354 e. The van der Waals surface area contributed by atoms with Gasteiger partial charge in [-0.25, -0.2) is 9.98 Å². The van der Waals surface area contributed by atoms with Gasteiger partial charge in [-0.2, -0.15) is 0 Å². The van der Waals surface area contributed by atoms with Gasteiger partial charge >= 0.3 is 0 Å². The van der Waals surface area contributed by atoms with Crippen LogP contribution in [0.25, 0.3) is 45.0 Å². The van der Waals surface area contributed by atoms with Crippen LogP contribution < -0.4 is 15.9 Å². The van der Waals surface area contributed by atoms with Crippen LogP contribution in [0, 0.1) is 5.41 Å². The van der Waals surface area contributed by atoms with Crippen molar-refractivity contribution in [2.24, 2.45) is 10.4 Å². The highest BCUT2D eigenvalue weighted by Gasteiger charge is 2.30. The van der Waals surface area contributed by atoms with Gasteiger partial charge in [0.15, 0.2) is 0 Å². The van der Waals surface area contributed by atoms with Gasteiger partial charge in [-0.15, -0.1) is 0 Å². The first-order valence-electron chi connectivity index (χ1n) is 18.7. The van der Waals surface area contributed by atoms with Crippen molar-refractivity contribution in [3.05, 3.63) is 111 Å². The van der Waals surface area contributed by atoms with Gasteiger partial charge in [0.2, 0.25) is 0 Å². The van der Waals surface area contributed by atoms with Gasteiger partial charge in [-0.1, -0.05) is 104 Å². The second kappa shape index (κ2) is 11.1. The minimum atomic E-state index is -0.0776. The number of rotatable bonds is 0. The minimum absolute atomic E-state index is 0.0564. The quantitative estimate of drug-likeness (QED) is 0.177. The van der Waals surface area contributed by atoms with Crippen LogP contribution in [0.4, 0.5) is 5.69 Å². The molecule has 0 saturated heterocycles. The molecule has 0 amide bonds. The van der Waals surface area contributed by atoms with Gasteiger partial charge in [-0.3, -0.25) is 0 Å². The Hall–Kier alpha value is -4.24. The highest BCUT2D eigenvalue weighted by molar-refractivity contribution is 5.92. The highest BCUT2D eigenvalue weighted by Crippen LogP contribution is 2.46. The van der Waals surface area contributed by atoms with Crippen LogP contribution in [-0.4, -0.2) is 4.98 Å². The van der Waals surface area contributed by atoms with Gasteiger partial charge in [0.25, 0.3) is 0 Å². The van der Waals surface area contributed by atoms with Crippen molar-refractivity contribution in [3.63, 3.8) is 0 Å². The molecule has 0 aliphatic carbocycles. The third kappa shape index (κ3) is 6.32. The van der Waals surface area contributed by atoms with E-state index < -0.39 is 0 Å². The van der Waals surface area contributed by atoms with Crippen LogP contribution in [0.2, 0.25) is 0 Å². The molecular weight excluding hydrogens is 619 g/mol. The zero-order valence-electron chi connectivity index (χ0n) is 33.7. The number of hydrogen-bond donors (Lipinski definition) is 1. The highest BCUT2D eigenvalue weighted by atomic mass is 14.9. The fraction of sp³-hybridized carbons (Fsp3) is 0.417. The van der Waals surface area contributed by atoms with Crippen molar-refractivity contribution in [2.75, 3.05) is 0 Å². The Labute approximate surface area is 306 Å². The van der Waals surface area contributed by atoms with Gasteiger partial charge in [0.1, 0.15) is 0 Å². The van der Waals surface area contributed by atoms with Crippen molar-refractivity contribution in [1.29, 1.82) is 0 Å². The standard InChI is InChI=1S/C48H57N3/c1-44(2,3)29-17-27-16-28(18-29)39-24-33(48(13,14)15)26-41(50-39)37-22-31(46(7,8)9)20-35-34-19-30(45(4,5)6)21-36(42(34)51-43(35)37)40-25-32(47(10,11)12)23-38(27)49-40/h16-26,49H,1-15H3. The van der Waals surface area contributed by atoms with Crippen LogP contribution in [0.15, 0.2) is 77.3 Å². The number of nitrogens with zero attached hydrogens (tertiary/aromatic N) is 2. The predicted molar refractivity (Wildman–Crippen MR) is 218 cm³/mol. The normalized spacial score (nSPS) is 15.5. The zero-order valence-corrected chi connectivity index (χ0v) is 33.7. The van der Waals surface area contributed by atoms with E-state index in [1.807, 2.05) is 0 Å². The molecule has 4 aromatic rings. The summed E-state index contributed by atoms with van der Waals surface area (Å²) in [6.45, 7) is 34.6. The SMILES string of the molecule is CC(C)(C)C1=CC2=c3cc(C(C)(C)C)cc4c3=Nc3c(cc(C(C)(C)C)cc3-4)-c3cc(C(C)(C)C)cc(n3)-c3cc(cc(C(C)(C)C)c3)C(=C1)N2. The maximum atomic E-state index is 5.62. The lowest BCUT2D eigenvalue weighted by molar-refractivity contribution is 0.516. The molecule has 264 valence electrons. The van der Waals surface area contributed by atoms with E-state index in [0.717, 1.165) is 50.2 Å². The number of allylic oxidation sites excluding steroid dienone is 2. The van der Waals surface area contributed by atoms with Crippen molar-refractivity contribution >= 4 is 17.1 Å². The summed E-state index contributed by atoms with van der Waals surface area (Å²) in [6, 6.07) is 21.3. The average Bonchev–Trinajstić information content (AvgIpc) is 3.39. The number of dihydropyridines is 1. The molecule has 3 aliphatic rings. The molecule has 4 heterocycles. The summed E-state index contributed by atoms with van der Waals surface area (Å²) in [5.41, 5.74) is 17.1. The molecule has 3 heteroatoms. The number of fused-ring (bicyclic) bond motifs is 10. The first-order chi connectivity index (χ1) is 23.4. The second-order valence-electron chi connectivity index (χ2n) is 20.3. The number of pyridine rings is 1. The van der Waals surface area contributed by atoms with E-state index in [-0.39, 0.29) is 27.1 Å². The average molecular weight is 676 g/mol. The maximum absolute atomic E-state index is 5.62. The van der Waals surface area contributed by atoms with E-state index in [2.05, 4.69) is 176 Å². The zero-order chi connectivity index (χ0) is 37.2. The molecule has 3 aliphatic heterocycles. The molecule has 0 atom stereocenters. The Bertz CT molecular complexity index is 2330. The van der Waals surface area contributed by atoms with Crippen molar-refractivity contribution in [1.82, 2.24) is 10.3 Å². The topological polar surface area (TPSA) is 37.3 Å². The first-order valence-corrected chi connectivity index (χ1v) is 18.7. The summed E-state index contributed by atoms with van der Waals surface area (Å²) in [7, 11) is 0. The molecule has 0 saturated carbocycles. The van der Waals surface area contributed by atoms with Gasteiger partial charge < -0.3 is 5.32 Å². The third-order valence-electron chi connectivity index (χ3n) is 10.9. The van der Waals surface area contributed by atoms with Crippen LogP contribution >= 0.6 is 0 Å². The molecule has 3 aromatic carbocycles. The predicted octanol–water partition coefficient (Wildman–Crippen LogP) is 11.6. The van der Waals surface area contributed by atoms with E-state index >= 15 is 0 Å². The van der Waals surface area contributed by atoms with Crippen molar-refractivity contribution in [3.8, 4) is 33.6 Å². The van der Waals surface area contributed by atoms with Crippen molar-refractivity contribution < 1.29 is 0 Å². The van der Waals surface area contributed by atoms with Crippen LogP contribution in [0.3, 0.4) is 0 Å². The number of hydrogen-bond acceptors (Lipinski definition) is 3. The molecule has 0 spiro atoms. The van der Waals surface area contributed by atoms with Crippen LogP contribution in [0.5, 0.6) is 0 Å². The number of benzene rings is 3. The lowest BCUT2D eigenvalue weighted by Gasteiger charge is -2.29. The van der Waals surface area contributed by atoms with Gasteiger partial charge in [0.05, 0.1) is 22.4 Å². The molecule has 1 N–H and O–H groups in total. The summed E-state index contributed by atoms with van der Waals surface area (Å²) in [6.07, 6.45) is 4.73. The van der Waals surface area contributed by atoms with Gasteiger partial charge in [-0.05, 0) is 127 Å². The third-order valence-corrected chi connectivity index (χ3v) is 10.9. The molecule has 51 heavy (non-hydrogen) atoms. The lowest BCUT2D eigenvalue weighted by Crippen LogP contribution is -2.35. The fourth-order valence-electron chi connectivity index (χ4n) is 7.22. The Balaban J connectivity index is 1.74. The number of nitrogens with one attached hydrogen (secondary N) is 1. The molecule has 0 unspecified atom stereocenters. The van der Waals surface area contributed by atoms with E-state index in [1.54, 1.807) is 0 Å². The molecule has 3 nitrogen and oxygen atoms in total. The number of aromatic nitrogens is 1. The lowest BCUT2D eigenvalue weighted by atomic mass is 9.81. The monoisotopic (exact) mass is 675 g/mol. The van der Waals surface area contributed by atoms with Gasteiger partial charge in [0, 0.05) is 38.9 Å². The van der Waals surface area contributed by atoms with E-state index in [0.29, 0.717) is 0 Å². The van der Waals surface area contributed by atoms with Crippen molar-refractivity contribution in [2.45, 2.75) is 126 Å². The second-order valence-corrected chi connectivity index (χ2v) is 20.3. The molecule has 0 radical (unpaired) electrons. The van der Waals surface area contributed by atoms with E-state index in [9.17, 15) is 0 Å². The molecule has 1 aromatic heterocycles. The van der Waals surface area contributed by atoms with Crippen LogP contribution in [-0.2, 0) is 21.7 Å². The molecular formula is C48H57N3. The largest absolute Gasteiger partial charge is 0.354 e. The summed E-state index contributed by atoms with van der Waals surface area (Å²) in [5.74, 6) is 0. The molecule has 0 fully saturated rings. The Morgan fingerprint density at radius 2 is 0.961 bits per heavy atom. The van der Waals surface area contributed by atoms with E-state index in [4.69, 9.17) is 9.98 Å². The Kier molecular flexibility index (Phi) is 7.68.